The van der Waals surface area contributed by atoms with E-state index in [4.69, 9.17) is 0 Å². The van der Waals surface area contributed by atoms with Crippen LogP contribution in [-0.4, -0.2) is 41.3 Å². The van der Waals surface area contributed by atoms with E-state index in [9.17, 15) is 14.0 Å². The second kappa shape index (κ2) is 7.93. The Morgan fingerprint density at radius 2 is 2.00 bits per heavy atom. The molecule has 152 valence electrons. The van der Waals surface area contributed by atoms with Gasteiger partial charge in [-0.2, -0.15) is 0 Å². The molecule has 1 unspecified atom stereocenters. The van der Waals surface area contributed by atoms with Crippen molar-refractivity contribution >= 4 is 11.8 Å². The number of aromatic nitrogens is 1. The predicted octanol–water partition coefficient (Wildman–Crippen LogP) is 3.23. The van der Waals surface area contributed by atoms with E-state index in [0.29, 0.717) is 19.6 Å². The summed E-state index contributed by atoms with van der Waals surface area (Å²) in [6.07, 6.45) is 6.03. The highest BCUT2D eigenvalue weighted by molar-refractivity contribution is 5.94. The number of hydrogen-bond donors (Lipinski definition) is 1. The number of piperidine rings is 1. The summed E-state index contributed by atoms with van der Waals surface area (Å²) in [5, 5.41) is 3.12. The van der Waals surface area contributed by atoms with Crippen molar-refractivity contribution in [1.29, 1.82) is 0 Å². The van der Waals surface area contributed by atoms with E-state index in [1.165, 1.54) is 17.8 Å². The number of aryl methyl sites for hydroxylation is 1. The van der Waals surface area contributed by atoms with Gasteiger partial charge >= 0.3 is 0 Å². The summed E-state index contributed by atoms with van der Waals surface area (Å²) in [6.45, 7) is 3.71. The number of nitrogens with zero attached hydrogens (tertiary/aromatic N) is 2. The second-order valence-corrected chi connectivity index (χ2v) is 8.27. The molecule has 1 aromatic carbocycles. The molecule has 2 aromatic rings. The molecular formula is C23H26FN3O2. The molecule has 0 bridgehead atoms. The van der Waals surface area contributed by atoms with Gasteiger partial charge in [0.2, 0.25) is 5.91 Å². The first kappa shape index (κ1) is 19.6. The van der Waals surface area contributed by atoms with Crippen molar-refractivity contribution in [1.82, 2.24) is 15.2 Å². The van der Waals surface area contributed by atoms with Crippen molar-refractivity contribution < 1.29 is 14.0 Å². The van der Waals surface area contributed by atoms with Gasteiger partial charge in [-0.25, -0.2) is 4.39 Å². The van der Waals surface area contributed by atoms with Crippen molar-refractivity contribution in [2.75, 3.05) is 19.6 Å². The molecule has 4 rings (SSSR count). The Bertz CT molecular complexity index is 909. The van der Waals surface area contributed by atoms with E-state index >= 15 is 0 Å². The summed E-state index contributed by atoms with van der Waals surface area (Å²) < 4.78 is 13.9. The maximum Gasteiger partial charge on any atom is 0.256 e. The second-order valence-electron chi connectivity index (χ2n) is 8.27. The SMILES string of the molecule is Cc1ccc(C2(C(=O)NCC3CCCN(C(=O)c4ccncc4F)C3)CC2)cc1. The van der Waals surface area contributed by atoms with E-state index in [1.54, 1.807) is 4.90 Å². The van der Waals surface area contributed by atoms with Crippen LogP contribution in [-0.2, 0) is 10.2 Å². The quantitative estimate of drug-likeness (QED) is 0.846. The van der Waals surface area contributed by atoms with E-state index in [-0.39, 0.29) is 23.3 Å². The van der Waals surface area contributed by atoms with Gasteiger partial charge in [-0.3, -0.25) is 14.6 Å². The fraction of sp³-hybridized carbons (Fsp3) is 0.435. The normalized spacial score (nSPS) is 20.2. The van der Waals surface area contributed by atoms with E-state index in [2.05, 4.69) is 10.3 Å². The Morgan fingerprint density at radius 3 is 2.69 bits per heavy atom. The van der Waals surface area contributed by atoms with Crippen molar-refractivity contribution in [2.24, 2.45) is 5.92 Å². The van der Waals surface area contributed by atoms with Gasteiger partial charge in [0.05, 0.1) is 17.2 Å². The first-order valence-corrected chi connectivity index (χ1v) is 10.2. The third kappa shape index (κ3) is 4.02. The predicted molar refractivity (Wildman–Crippen MR) is 108 cm³/mol. The highest BCUT2D eigenvalue weighted by Crippen LogP contribution is 2.48. The standard InChI is InChI=1S/C23H26FN3O2/c1-16-4-6-18(7-5-16)23(9-10-23)22(29)26-13-17-3-2-12-27(15-17)21(28)19-8-11-25-14-20(19)24/h4-8,11,14,17H,2-3,9-10,12-13,15H2,1H3,(H,26,29). The molecule has 6 heteroatoms. The van der Waals surface area contributed by atoms with Crippen LogP contribution in [0.25, 0.3) is 0 Å². The Labute approximate surface area is 170 Å². The lowest BCUT2D eigenvalue weighted by molar-refractivity contribution is -0.123. The molecule has 1 saturated carbocycles. The highest BCUT2D eigenvalue weighted by Gasteiger charge is 2.51. The van der Waals surface area contributed by atoms with E-state index in [1.807, 2.05) is 31.2 Å². The van der Waals surface area contributed by atoms with Crippen molar-refractivity contribution in [3.63, 3.8) is 0 Å². The summed E-state index contributed by atoms with van der Waals surface area (Å²) in [5.41, 5.74) is 1.93. The van der Waals surface area contributed by atoms with E-state index < -0.39 is 11.2 Å². The Kier molecular flexibility index (Phi) is 5.35. The topological polar surface area (TPSA) is 62.3 Å². The number of pyridine rings is 1. The number of nitrogens with one attached hydrogen (secondary N) is 1. The lowest BCUT2D eigenvalue weighted by atomic mass is 9.93. The zero-order chi connectivity index (χ0) is 20.4. The molecule has 1 aliphatic carbocycles. The average molecular weight is 395 g/mol. The van der Waals surface area contributed by atoms with Crippen LogP contribution in [0.1, 0.15) is 47.2 Å². The number of carbonyl (C=O) groups is 2. The van der Waals surface area contributed by atoms with Gasteiger partial charge in [0, 0.05) is 25.8 Å². The minimum Gasteiger partial charge on any atom is -0.355 e. The van der Waals surface area contributed by atoms with Crippen LogP contribution in [0.2, 0.25) is 0 Å². The van der Waals surface area contributed by atoms with Crippen molar-refractivity contribution in [3.05, 3.63) is 65.2 Å². The first-order valence-electron chi connectivity index (χ1n) is 10.2. The van der Waals surface area contributed by atoms with Gasteiger partial charge in [0.1, 0.15) is 0 Å². The van der Waals surface area contributed by atoms with Crippen LogP contribution in [0.4, 0.5) is 4.39 Å². The number of amides is 2. The summed E-state index contributed by atoms with van der Waals surface area (Å²) in [5.74, 6) is -0.652. The molecule has 1 saturated heterocycles. The minimum atomic E-state index is -0.596. The molecule has 5 nitrogen and oxygen atoms in total. The molecule has 0 spiro atoms. The van der Waals surface area contributed by atoms with Gasteiger partial charge in [0.25, 0.3) is 5.91 Å². The molecule has 1 aromatic heterocycles. The Morgan fingerprint density at radius 1 is 1.24 bits per heavy atom. The number of carbonyl (C=O) groups excluding carboxylic acids is 2. The fourth-order valence-electron chi connectivity index (χ4n) is 4.19. The van der Waals surface area contributed by atoms with E-state index in [0.717, 1.165) is 37.4 Å². The zero-order valence-electron chi connectivity index (χ0n) is 16.7. The van der Waals surface area contributed by atoms with Crippen molar-refractivity contribution in [2.45, 2.75) is 38.0 Å². The summed E-state index contributed by atoms with van der Waals surface area (Å²) in [4.78, 5) is 30.9. The minimum absolute atomic E-state index is 0.0565. The summed E-state index contributed by atoms with van der Waals surface area (Å²) in [7, 11) is 0. The largest absolute Gasteiger partial charge is 0.355 e. The van der Waals surface area contributed by atoms with Crippen LogP contribution in [0.3, 0.4) is 0 Å². The average Bonchev–Trinajstić information content (AvgIpc) is 3.55. The number of halogens is 1. The lowest BCUT2D eigenvalue weighted by Gasteiger charge is -2.33. The zero-order valence-corrected chi connectivity index (χ0v) is 16.7. The molecule has 29 heavy (non-hydrogen) atoms. The highest BCUT2D eigenvalue weighted by atomic mass is 19.1. The molecule has 0 radical (unpaired) electrons. The molecular weight excluding hydrogens is 369 g/mol. The van der Waals surface area contributed by atoms with Gasteiger partial charge in [0.15, 0.2) is 5.82 Å². The molecule has 2 fully saturated rings. The number of benzene rings is 1. The molecule has 1 aliphatic heterocycles. The molecule has 2 heterocycles. The smallest absolute Gasteiger partial charge is 0.256 e. The van der Waals surface area contributed by atoms with Gasteiger partial charge in [-0.15, -0.1) is 0 Å². The summed E-state index contributed by atoms with van der Waals surface area (Å²) in [6, 6.07) is 9.61. The van der Waals surface area contributed by atoms with Crippen LogP contribution in [0, 0.1) is 18.7 Å². The summed E-state index contributed by atoms with van der Waals surface area (Å²) >= 11 is 0. The fourth-order valence-corrected chi connectivity index (χ4v) is 4.19. The number of rotatable bonds is 5. The molecule has 1 N–H and O–H groups in total. The monoisotopic (exact) mass is 395 g/mol. The van der Waals surface area contributed by atoms with Crippen LogP contribution >= 0.6 is 0 Å². The number of hydrogen-bond acceptors (Lipinski definition) is 3. The third-order valence-corrected chi connectivity index (χ3v) is 6.15. The third-order valence-electron chi connectivity index (χ3n) is 6.15. The van der Waals surface area contributed by atoms with Crippen LogP contribution in [0.15, 0.2) is 42.7 Å². The first-order chi connectivity index (χ1) is 14.0. The van der Waals surface area contributed by atoms with Gasteiger partial charge < -0.3 is 10.2 Å². The molecule has 2 aliphatic rings. The van der Waals surface area contributed by atoms with Gasteiger partial charge in [-0.1, -0.05) is 29.8 Å². The Balaban J connectivity index is 1.35. The van der Waals surface area contributed by atoms with Crippen molar-refractivity contribution in [3.8, 4) is 0 Å². The lowest BCUT2D eigenvalue weighted by Crippen LogP contribution is -2.45. The maximum absolute atomic E-state index is 13.9. The van der Waals surface area contributed by atoms with Gasteiger partial charge in [-0.05, 0) is 50.2 Å². The Hall–Kier alpha value is -2.76. The maximum atomic E-state index is 13.9. The van der Waals surface area contributed by atoms with Crippen LogP contribution in [0.5, 0.6) is 0 Å². The molecule has 2 amide bonds. The number of likely N-dealkylation sites (tertiary alicyclic amines) is 1. The van der Waals surface area contributed by atoms with Crippen LogP contribution < -0.4 is 5.32 Å². The molecule has 1 atom stereocenters.